The van der Waals surface area contributed by atoms with E-state index in [-0.39, 0.29) is 11.7 Å². The van der Waals surface area contributed by atoms with Gasteiger partial charge in [-0.1, -0.05) is 0 Å². The van der Waals surface area contributed by atoms with Gasteiger partial charge in [-0.2, -0.15) is 0 Å². The lowest BCUT2D eigenvalue weighted by atomic mass is 10.0. The molecule has 37 heavy (non-hydrogen) atoms. The standard InChI is InChI=1S/C29H25N3O5/c33-20-32(27-2-1-17-37-27)26-13-5-22(6-14-26)28(34)21-3-9-24(10-4-21)30-29(35)23-7-11-25(12-8-23)31-15-18-36-19-16-31/h1-14,17,20H,15-16,18-19H2,(H,30,35). The average Bonchev–Trinajstić information content (AvgIpc) is 3.49. The largest absolute Gasteiger partial charge is 0.448 e. The van der Waals surface area contributed by atoms with Gasteiger partial charge in [0.15, 0.2) is 5.78 Å². The van der Waals surface area contributed by atoms with E-state index in [1.54, 1.807) is 72.8 Å². The van der Waals surface area contributed by atoms with E-state index in [1.807, 2.05) is 12.1 Å². The third-order valence-corrected chi connectivity index (χ3v) is 6.17. The van der Waals surface area contributed by atoms with E-state index in [1.165, 1.54) is 11.2 Å². The highest BCUT2D eigenvalue weighted by atomic mass is 16.5. The second-order valence-electron chi connectivity index (χ2n) is 8.48. The maximum atomic E-state index is 12.9. The quantitative estimate of drug-likeness (QED) is 0.276. The number of anilines is 4. The Balaban J connectivity index is 1.21. The zero-order valence-corrected chi connectivity index (χ0v) is 20.0. The minimum atomic E-state index is -0.223. The number of ketones is 1. The number of carbonyl (C=O) groups excluding carboxylic acids is 3. The molecule has 2 amide bonds. The third kappa shape index (κ3) is 5.44. The molecule has 1 fully saturated rings. The van der Waals surface area contributed by atoms with Crippen LogP contribution >= 0.6 is 0 Å². The minimum absolute atomic E-state index is 0.168. The van der Waals surface area contributed by atoms with Crippen molar-refractivity contribution in [3.05, 3.63) is 108 Å². The molecule has 8 nitrogen and oxygen atoms in total. The van der Waals surface area contributed by atoms with Crippen molar-refractivity contribution in [2.75, 3.05) is 41.4 Å². The second kappa shape index (κ2) is 10.9. The molecule has 1 aliphatic rings. The van der Waals surface area contributed by atoms with Crippen LogP contribution in [0, 0.1) is 0 Å². The number of nitrogens with one attached hydrogen (secondary N) is 1. The predicted molar refractivity (Wildman–Crippen MR) is 141 cm³/mol. The lowest BCUT2D eigenvalue weighted by Gasteiger charge is -2.28. The van der Waals surface area contributed by atoms with Gasteiger partial charge in [-0.05, 0) is 78.9 Å². The molecule has 186 valence electrons. The van der Waals surface area contributed by atoms with E-state index in [0.717, 1.165) is 18.8 Å². The van der Waals surface area contributed by atoms with Gasteiger partial charge in [0.2, 0.25) is 12.3 Å². The summed E-state index contributed by atoms with van der Waals surface area (Å²) < 4.78 is 10.7. The normalized spacial score (nSPS) is 13.1. The van der Waals surface area contributed by atoms with Crippen LogP contribution in [0.1, 0.15) is 26.3 Å². The molecule has 1 aliphatic heterocycles. The first-order chi connectivity index (χ1) is 18.1. The van der Waals surface area contributed by atoms with Gasteiger partial charge in [-0.3, -0.25) is 19.3 Å². The van der Waals surface area contributed by atoms with Crippen LogP contribution < -0.4 is 15.1 Å². The summed E-state index contributed by atoms with van der Waals surface area (Å²) in [5, 5.41) is 2.87. The zero-order valence-electron chi connectivity index (χ0n) is 20.0. The number of ether oxygens (including phenoxy) is 1. The Labute approximate surface area is 214 Å². The number of amides is 2. The van der Waals surface area contributed by atoms with Gasteiger partial charge in [0, 0.05) is 47.2 Å². The first kappa shape index (κ1) is 24.0. The fourth-order valence-electron chi connectivity index (χ4n) is 4.14. The van der Waals surface area contributed by atoms with Crippen molar-refractivity contribution in [2.45, 2.75) is 0 Å². The van der Waals surface area contributed by atoms with Crippen LogP contribution in [-0.2, 0) is 9.53 Å². The van der Waals surface area contributed by atoms with Crippen molar-refractivity contribution in [3.8, 4) is 0 Å². The molecule has 2 heterocycles. The van der Waals surface area contributed by atoms with Crippen molar-refractivity contribution in [2.24, 2.45) is 0 Å². The summed E-state index contributed by atoms with van der Waals surface area (Å²) >= 11 is 0. The van der Waals surface area contributed by atoms with Crippen LogP contribution in [0.4, 0.5) is 22.9 Å². The van der Waals surface area contributed by atoms with Crippen LogP contribution in [0.5, 0.6) is 0 Å². The Morgan fingerprint density at radius 3 is 2.03 bits per heavy atom. The molecule has 0 aliphatic carbocycles. The minimum Gasteiger partial charge on any atom is -0.448 e. The SMILES string of the molecule is O=CN(c1ccc(C(=O)c2ccc(NC(=O)c3ccc(N4CCOCC4)cc3)cc2)cc1)c1ccco1. The van der Waals surface area contributed by atoms with Crippen LogP contribution in [0.3, 0.4) is 0 Å². The van der Waals surface area contributed by atoms with Crippen molar-refractivity contribution in [3.63, 3.8) is 0 Å². The van der Waals surface area contributed by atoms with Gasteiger partial charge in [-0.15, -0.1) is 0 Å². The summed E-state index contributed by atoms with van der Waals surface area (Å²) in [6.45, 7) is 3.08. The molecule has 1 saturated heterocycles. The molecule has 0 spiro atoms. The fraction of sp³-hybridized carbons (Fsp3) is 0.138. The van der Waals surface area contributed by atoms with Crippen molar-refractivity contribution >= 4 is 41.0 Å². The number of hydrogen-bond donors (Lipinski definition) is 1. The number of morpholine rings is 1. The Hall–Kier alpha value is -4.69. The fourth-order valence-corrected chi connectivity index (χ4v) is 4.14. The lowest BCUT2D eigenvalue weighted by molar-refractivity contribution is -0.107. The molecular formula is C29H25N3O5. The third-order valence-electron chi connectivity index (χ3n) is 6.17. The monoisotopic (exact) mass is 495 g/mol. The van der Waals surface area contributed by atoms with Crippen LogP contribution in [0.25, 0.3) is 0 Å². The second-order valence-corrected chi connectivity index (χ2v) is 8.48. The van der Waals surface area contributed by atoms with E-state index in [9.17, 15) is 14.4 Å². The van der Waals surface area contributed by atoms with E-state index in [2.05, 4.69) is 10.2 Å². The first-order valence-electron chi connectivity index (χ1n) is 11.9. The van der Waals surface area contributed by atoms with Crippen LogP contribution in [0.15, 0.2) is 95.6 Å². The maximum absolute atomic E-state index is 12.9. The highest BCUT2D eigenvalue weighted by Crippen LogP contribution is 2.25. The van der Waals surface area contributed by atoms with Gasteiger partial charge in [0.05, 0.1) is 25.2 Å². The van der Waals surface area contributed by atoms with Crippen LogP contribution in [0.2, 0.25) is 0 Å². The average molecular weight is 496 g/mol. The van der Waals surface area contributed by atoms with Gasteiger partial charge in [-0.25, -0.2) is 0 Å². The summed E-state index contributed by atoms with van der Waals surface area (Å²) in [6, 6.07) is 24.3. The van der Waals surface area contributed by atoms with E-state index >= 15 is 0 Å². The summed E-state index contributed by atoms with van der Waals surface area (Å²) in [4.78, 5) is 40.7. The number of benzene rings is 3. The van der Waals surface area contributed by atoms with E-state index < -0.39 is 0 Å². The molecule has 4 aromatic rings. The predicted octanol–water partition coefficient (Wildman–Crippen LogP) is 4.89. The molecule has 0 saturated carbocycles. The molecule has 0 radical (unpaired) electrons. The van der Waals surface area contributed by atoms with Crippen LogP contribution in [-0.4, -0.2) is 44.4 Å². The highest BCUT2D eigenvalue weighted by Gasteiger charge is 2.15. The molecule has 1 aromatic heterocycles. The van der Waals surface area contributed by atoms with E-state index in [4.69, 9.17) is 9.15 Å². The molecule has 0 unspecified atom stereocenters. The van der Waals surface area contributed by atoms with Crippen molar-refractivity contribution < 1.29 is 23.5 Å². The molecule has 5 rings (SSSR count). The number of carbonyl (C=O) groups is 3. The molecule has 0 bridgehead atoms. The summed E-state index contributed by atoms with van der Waals surface area (Å²) in [6.07, 6.45) is 2.14. The molecule has 1 N–H and O–H groups in total. The summed E-state index contributed by atoms with van der Waals surface area (Å²) in [7, 11) is 0. The Bertz CT molecular complexity index is 1360. The summed E-state index contributed by atoms with van der Waals surface area (Å²) in [5.74, 6) is -0.00183. The zero-order chi connectivity index (χ0) is 25.6. The number of rotatable bonds is 8. The van der Waals surface area contributed by atoms with E-state index in [0.29, 0.717) is 53.6 Å². The molecule has 0 atom stereocenters. The number of nitrogens with zero attached hydrogens (tertiary/aromatic N) is 2. The smallest absolute Gasteiger partial charge is 0.255 e. The Morgan fingerprint density at radius 1 is 0.811 bits per heavy atom. The van der Waals surface area contributed by atoms with Crippen molar-refractivity contribution in [1.82, 2.24) is 0 Å². The molecular weight excluding hydrogens is 470 g/mol. The highest BCUT2D eigenvalue weighted by molar-refractivity contribution is 6.10. The lowest BCUT2D eigenvalue weighted by Crippen LogP contribution is -2.36. The topological polar surface area (TPSA) is 92.1 Å². The summed E-state index contributed by atoms with van der Waals surface area (Å²) in [5.41, 5.74) is 3.75. The van der Waals surface area contributed by atoms with Gasteiger partial charge in [0.1, 0.15) is 0 Å². The Kier molecular flexibility index (Phi) is 7.09. The van der Waals surface area contributed by atoms with Gasteiger partial charge < -0.3 is 19.4 Å². The van der Waals surface area contributed by atoms with Gasteiger partial charge >= 0.3 is 0 Å². The number of furan rings is 1. The number of hydrogen-bond acceptors (Lipinski definition) is 6. The molecule has 8 heteroatoms. The maximum Gasteiger partial charge on any atom is 0.255 e. The molecule has 3 aromatic carbocycles. The van der Waals surface area contributed by atoms with Gasteiger partial charge in [0.25, 0.3) is 5.91 Å². The van der Waals surface area contributed by atoms with Crippen molar-refractivity contribution in [1.29, 1.82) is 0 Å². The first-order valence-corrected chi connectivity index (χ1v) is 11.9. The Morgan fingerprint density at radius 2 is 1.43 bits per heavy atom.